The molecule has 2 fully saturated rings. The number of rotatable bonds is 13. The lowest BCUT2D eigenvalue weighted by Gasteiger charge is -2.42. The fourth-order valence-electron chi connectivity index (χ4n) is 8.26. The Morgan fingerprint density at radius 2 is 1.04 bits per heavy atom. The molecular weight excluding hydrogens is 677 g/mol. The van der Waals surface area contributed by atoms with Crippen LogP contribution in [0.25, 0.3) is 0 Å². The summed E-state index contributed by atoms with van der Waals surface area (Å²) in [4.78, 5) is 21.3. The molecular formula is C51H64O4. The zero-order valence-corrected chi connectivity index (χ0v) is 33.1. The highest BCUT2D eigenvalue weighted by Crippen LogP contribution is 2.48. The lowest BCUT2D eigenvalue weighted by molar-refractivity contribution is -0.130. The first-order chi connectivity index (χ1) is 26.1. The summed E-state index contributed by atoms with van der Waals surface area (Å²) in [6, 6.07) is 35.2. The van der Waals surface area contributed by atoms with Gasteiger partial charge in [-0.3, -0.25) is 4.79 Å². The zero-order chi connectivity index (χ0) is 38.5. The maximum absolute atomic E-state index is 11.9. The Morgan fingerprint density at radius 3 is 1.42 bits per heavy atom. The van der Waals surface area contributed by atoms with Gasteiger partial charge in [-0.05, 0) is 133 Å². The number of carbonyl (C=O) groups excluding carboxylic acids is 2. The number of carbonyl (C=O) groups is 2. The van der Waals surface area contributed by atoms with Gasteiger partial charge in [0.2, 0.25) is 0 Å². The quantitative estimate of drug-likeness (QED) is 0.0593. The Labute approximate surface area is 332 Å². The summed E-state index contributed by atoms with van der Waals surface area (Å²) in [6.07, 6.45) is 16.1. The molecule has 4 nitrogen and oxygen atoms in total. The number of esters is 1. The van der Waals surface area contributed by atoms with Crippen LogP contribution in [0.2, 0.25) is 0 Å². The van der Waals surface area contributed by atoms with Crippen molar-refractivity contribution in [3.8, 4) is 11.5 Å². The molecule has 0 unspecified atom stereocenters. The summed E-state index contributed by atoms with van der Waals surface area (Å²) in [7, 11) is 1.72. The molecule has 0 aromatic heterocycles. The highest BCUT2D eigenvalue weighted by atomic mass is 16.5. The van der Waals surface area contributed by atoms with Gasteiger partial charge in [0, 0.05) is 11.0 Å². The summed E-state index contributed by atoms with van der Waals surface area (Å²) >= 11 is 0. The SMILES string of the molecule is C.C=C(C)C(=O)Oc1ccc(Cc2ccc(C3(c4ccc(Cc5ccc(OC)cc5)cc4)CCC(CCC4CCC(C)CC4)CC3)cc2)cc1.C=C(C)C=O. The van der Waals surface area contributed by atoms with Gasteiger partial charge in [0.15, 0.2) is 0 Å². The fourth-order valence-corrected chi connectivity index (χ4v) is 8.26. The van der Waals surface area contributed by atoms with Crippen LogP contribution in [0.1, 0.15) is 126 Å². The van der Waals surface area contributed by atoms with Crippen molar-refractivity contribution >= 4 is 12.3 Å². The number of aldehydes is 1. The van der Waals surface area contributed by atoms with Crippen LogP contribution in [0, 0.1) is 17.8 Å². The Morgan fingerprint density at radius 1 is 0.655 bits per heavy atom. The van der Waals surface area contributed by atoms with E-state index in [2.05, 4.69) is 80.7 Å². The van der Waals surface area contributed by atoms with Gasteiger partial charge in [-0.2, -0.15) is 0 Å². The van der Waals surface area contributed by atoms with E-state index in [9.17, 15) is 9.59 Å². The Bertz CT molecular complexity index is 1800. The first kappa shape index (κ1) is 43.0. The van der Waals surface area contributed by atoms with Gasteiger partial charge < -0.3 is 9.47 Å². The smallest absolute Gasteiger partial charge is 0.338 e. The average Bonchev–Trinajstić information content (AvgIpc) is 3.19. The summed E-state index contributed by atoms with van der Waals surface area (Å²) in [6.45, 7) is 12.7. The molecule has 0 radical (unpaired) electrons. The Kier molecular flexibility index (Phi) is 16.3. The van der Waals surface area contributed by atoms with Gasteiger partial charge in [0.25, 0.3) is 0 Å². The van der Waals surface area contributed by atoms with Crippen LogP contribution in [0.5, 0.6) is 11.5 Å². The van der Waals surface area contributed by atoms with Crippen molar-refractivity contribution in [2.75, 3.05) is 7.11 Å². The van der Waals surface area contributed by atoms with Crippen molar-refractivity contribution < 1.29 is 19.1 Å². The minimum absolute atomic E-state index is 0. The third kappa shape index (κ3) is 12.4. The third-order valence-electron chi connectivity index (χ3n) is 11.7. The molecule has 0 spiro atoms. The van der Waals surface area contributed by atoms with E-state index in [4.69, 9.17) is 9.47 Å². The molecule has 2 aliphatic carbocycles. The van der Waals surface area contributed by atoms with Crippen molar-refractivity contribution in [3.63, 3.8) is 0 Å². The summed E-state index contributed by atoms with van der Waals surface area (Å²) in [5.41, 5.74) is 9.04. The Balaban J connectivity index is 0.00000105. The molecule has 0 amide bonds. The van der Waals surface area contributed by atoms with Crippen molar-refractivity contribution in [1.82, 2.24) is 0 Å². The van der Waals surface area contributed by atoms with E-state index >= 15 is 0 Å². The number of hydrogen-bond acceptors (Lipinski definition) is 4. The van der Waals surface area contributed by atoms with Gasteiger partial charge in [-0.1, -0.05) is 139 Å². The first-order valence-corrected chi connectivity index (χ1v) is 20.0. The van der Waals surface area contributed by atoms with E-state index in [0.29, 0.717) is 16.9 Å². The van der Waals surface area contributed by atoms with Gasteiger partial charge in [0.1, 0.15) is 17.8 Å². The lowest BCUT2D eigenvalue weighted by Crippen LogP contribution is -2.33. The minimum Gasteiger partial charge on any atom is -0.497 e. The number of ether oxygens (including phenoxy) is 2. The second kappa shape index (κ2) is 20.8. The standard InChI is InChI=1S/C46H54O3.C4H6O.CH4/c1-33(2)45(47)49-44-25-17-40(18-26-44)32-38-13-21-42(22-14-38)46(29-27-36(28-30-46)10-9-35-7-5-34(3)6-8-35)41-19-11-37(12-20-41)31-39-15-23-43(48-4)24-16-39;1-4(2)3-5;/h11-26,34-36H,1,5-10,27-32H2,2-4H3;3H,1H2,2H3;1H4. The zero-order valence-electron chi connectivity index (χ0n) is 33.1. The number of benzene rings is 4. The van der Waals surface area contributed by atoms with Crippen molar-refractivity contribution in [2.24, 2.45) is 17.8 Å². The molecule has 0 bridgehead atoms. The summed E-state index contributed by atoms with van der Waals surface area (Å²) in [5.74, 6) is 3.79. The second-order valence-corrected chi connectivity index (χ2v) is 16.1. The maximum atomic E-state index is 11.9. The molecule has 55 heavy (non-hydrogen) atoms. The number of allylic oxidation sites excluding steroid dienone is 1. The minimum atomic E-state index is -0.392. The largest absolute Gasteiger partial charge is 0.497 e. The van der Waals surface area contributed by atoms with Crippen LogP contribution < -0.4 is 9.47 Å². The third-order valence-corrected chi connectivity index (χ3v) is 11.7. The fraction of sp³-hybridized carbons (Fsp3) is 0.412. The van der Waals surface area contributed by atoms with Gasteiger partial charge in [0.05, 0.1) is 7.11 Å². The van der Waals surface area contributed by atoms with E-state index in [1.165, 1.54) is 97.6 Å². The van der Waals surface area contributed by atoms with E-state index in [0.717, 1.165) is 42.6 Å². The molecule has 0 aliphatic heterocycles. The lowest BCUT2D eigenvalue weighted by atomic mass is 9.62. The Hall–Kier alpha value is -4.70. The molecule has 0 N–H and O–H groups in total. The van der Waals surface area contributed by atoms with E-state index < -0.39 is 5.97 Å². The molecule has 4 aromatic rings. The number of methoxy groups -OCH3 is 1. The van der Waals surface area contributed by atoms with E-state index in [1.807, 2.05) is 36.4 Å². The normalized spacial score (nSPS) is 20.5. The monoisotopic (exact) mass is 740 g/mol. The van der Waals surface area contributed by atoms with Gasteiger partial charge in [-0.15, -0.1) is 0 Å². The molecule has 6 rings (SSSR count). The predicted molar refractivity (Wildman–Crippen MR) is 229 cm³/mol. The molecule has 2 aliphatic rings. The maximum Gasteiger partial charge on any atom is 0.338 e. The molecule has 0 heterocycles. The van der Waals surface area contributed by atoms with Gasteiger partial charge >= 0.3 is 5.97 Å². The van der Waals surface area contributed by atoms with Crippen molar-refractivity contribution in [2.45, 2.75) is 111 Å². The molecule has 292 valence electrons. The summed E-state index contributed by atoms with van der Waals surface area (Å²) < 4.78 is 10.7. The molecule has 4 heteroatoms. The molecule has 0 atom stereocenters. The highest BCUT2D eigenvalue weighted by molar-refractivity contribution is 5.88. The van der Waals surface area contributed by atoms with Gasteiger partial charge in [-0.25, -0.2) is 4.79 Å². The van der Waals surface area contributed by atoms with Crippen LogP contribution in [-0.4, -0.2) is 19.4 Å². The highest BCUT2D eigenvalue weighted by Gasteiger charge is 2.38. The average molecular weight is 741 g/mol. The van der Waals surface area contributed by atoms with Crippen LogP contribution >= 0.6 is 0 Å². The van der Waals surface area contributed by atoms with E-state index in [-0.39, 0.29) is 12.8 Å². The number of hydrogen-bond donors (Lipinski definition) is 0. The van der Waals surface area contributed by atoms with Crippen molar-refractivity contribution in [3.05, 3.63) is 155 Å². The van der Waals surface area contributed by atoms with Crippen LogP contribution in [0.15, 0.2) is 121 Å². The van der Waals surface area contributed by atoms with E-state index in [1.54, 1.807) is 21.0 Å². The molecule has 2 saturated carbocycles. The van der Waals surface area contributed by atoms with Crippen LogP contribution in [0.3, 0.4) is 0 Å². The topological polar surface area (TPSA) is 52.6 Å². The molecule has 4 aromatic carbocycles. The van der Waals surface area contributed by atoms with Crippen LogP contribution in [-0.2, 0) is 27.8 Å². The predicted octanol–water partition coefficient (Wildman–Crippen LogP) is 12.8. The van der Waals surface area contributed by atoms with Crippen LogP contribution in [0.4, 0.5) is 0 Å². The first-order valence-electron chi connectivity index (χ1n) is 20.0. The summed E-state index contributed by atoms with van der Waals surface area (Å²) in [5, 5.41) is 0. The molecule has 0 saturated heterocycles. The van der Waals surface area contributed by atoms with Crippen molar-refractivity contribution in [1.29, 1.82) is 0 Å². The second-order valence-electron chi connectivity index (χ2n) is 16.1.